The summed E-state index contributed by atoms with van der Waals surface area (Å²) in [5.41, 5.74) is 6.60. The summed E-state index contributed by atoms with van der Waals surface area (Å²) >= 11 is 6.82. The van der Waals surface area contributed by atoms with E-state index < -0.39 is 0 Å². The molecule has 0 atom stereocenters. The third kappa shape index (κ3) is 5.43. The van der Waals surface area contributed by atoms with Crippen molar-refractivity contribution in [1.29, 1.82) is 0 Å². The van der Waals surface area contributed by atoms with Crippen molar-refractivity contribution >= 4 is 29.1 Å². The minimum absolute atomic E-state index is 0.0344. The molecule has 1 aromatic heterocycles. The van der Waals surface area contributed by atoms with Crippen LogP contribution < -0.4 is 9.64 Å². The molecule has 0 radical (unpaired) electrons. The second kappa shape index (κ2) is 11.9. The number of halogens is 1. The molecule has 0 spiro atoms. The Balaban J connectivity index is 1.34. The van der Waals surface area contributed by atoms with Gasteiger partial charge in [0.05, 0.1) is 25.8 Å². The van der Waals surface area contributed by atoms with Crippen molar-refractivity contribution in [3.05, 3.63) is 106 Å². The van der Waals surface area contributed by atoms with E-state index >= 15 is 0 Å². The first kappa shape index (κ1) is 29.0. The normalized spacial score (nSPS) is 15.2. The number of nitrogens with zero attached hydrogens (tertiary/aromatic N) is 4. The van der Waals surface area contributed by atoms with Crippen LogP contribution >= 0.6 is 11.6 Å². The molecule has 4 aromatic rings. The van der Waals surface area contributed by atoms with Crippen LogP contribution in [-0.4, -0.2) is 65.5 Å². The summed E-state index contributed by atoms with van der Waals surface area (Å²) in [5, 5.41) is 0.482. The van der Waals surface area contributed by atoms with Gasteiger partial charge in [0.25, 0.3) is 11.8 Å². The van der Waals surface area contributed by atoms with Gasteiger partial charge in [-0.3, -0.25) is 14.5 Å². The zero-order valence-corrected chi connectivity index (χ0v) is 25.9. The fraction of sp³-hybridized carbons (Fsp3) is 0.314. The highest BCUT2D eigenvalue weighted by Crippen LogP contribution is 2.38. The molecule has 1 saturated heterocycles. The SMILES string of the molecule is COc1cc(-c2ccccc2C)c(Cl)cc1C(=O)N1Cc2ccc(C(=O)N3CCN(C(C)C)CC3)n2Cc2ccccc21. The lowest BCUT2D eigenvalue weighted by molar-refractivity contribution is 0.0585. The van der Waals surface area contributed by atoms with Crippen molar-refractivity contribution in [3.63, 3.8) is 0 Å². The van der Waals surface area contributed by atoms with Gasteiger partial charge in [0.2, 0.25) is 0 Å². The summed E-state index contributed by atoms with van der Waals surface area (Å²) < 4.78 is 7.83. The van der Waals surface area contributed by atoms with Gasteiger partial charge < -0.3 is 19.1 Å². The number of rotatable bonds is 5. The largest absolute Gasteiger partial charge is 0.496 e. The van der Waals surface area contributed by atoms with Gasteiger partial charge in [-0.2, -0.15) is 0 Å². The highest BCUT2D eigenvalue weighted by atomic mass is 35.5. The maximum atomic E-state index is 14.3. The maximum absolute atomic E-state index is 14.3. The molecule has 8 heteroatoms. The number of para-hydroxylation sites is 1. The fourth-order valence-corrected chi connectivity index (χ4v) is 6.51. The number of aromatic nitrogens is 1. The van der Waals surface area contributed by atoms with Crippen LogP contribution in [0.3, 0.4) is 0 Å². The van der Waals surface area contributed by atoms with E-state index in [0.29, 0.717) is 54.3 Å². The van der Waals surface area contributed by atoms with Crippen LogP contribution in [-0.2, 0) is 13.1 Å². The monoisotopic (exact) mass is 596 g/mol. The van der Waals surface area contributed by atoms with Gasteiger partial charge in [-0.05, 0) is 67.8 Å². The van der Waals surface area contributed by atoms with E-state index in [0.717, 1.165) is 46.7 Å². The summed E-state index contributed by atoms with van der Waals surface area (Å²) in [6.45, 7) is 10.4. The lowest BCUT2D eigenvalue weighted by atomic mass is 9.98. The maximum Gasteiger partial charge on any atom is 0.270 e. The molecular formula is C35H37ClN4O3. The molecule has 0 unspecified atom stereocenters. The van der Waals surface area contributed by atoms with Crippen molar-refractivity contribution in [2.45, 2.75) is 39.9 Å². The van der Waals surface area contributed by atoms with Gasteiger partial charge in [-0.1, -0.05) is 54.1 Å². The van der Waals surface area contributed by atoms with Crippen LogP contribution in [0.25, 0.3) is 11.1 Å². The van der Waals surface area contributed by atoms with Crippen LogP contribution in [0.2, 0.25) is 5.02 Å². The van der Waals surface area contributed by atoms with Crippen molar-refractivity contribution in [2.75, 3.05) is 38.2 Å². The number of carbonyl (C=O) groups is 2. The number of hydrogen-bond acceptors (Lipinski definition) is 4. The number of anilines is 1. The van der Waals surface area contributed by atoms with Crippen LogP contribution in [0.15, 0.2) is 72.8 Å². The average molecular weight is 597 g/mol. The first-order valence-corrected chi connectivity index (χ1v) is 15.2. The predicted octanol–water partition coefficient (Wildman–Crippen LogP) is 6.50. The molecule has 7 nitrogen and oxygen atoms in total. The number of carbonyl (C=O) groups excluding carboxylic acids is 2. The van der Waals surface area contributed by atoms with Gasteiger partial charge in [0, 0.05) is 54.2 Å². The molecule has 2 amide bonds. The molecule has 3 heterocycles. The lowest BCUT2D eigenvalue weighted by Gasteiger charge is -2.37. The molecule has 6 rings (SSSR count). The standard InChI is InChI=1S/C35H37ClN4O3/c1-23(2)37-15-17-38(18-16-37)35(42)32-14-13-26-22-40(31-12-8-6-10-25(31)21-39(26)32)34(41)29-19-30(36)28(20-33(29)43-4)27-11-7-5-9-24(27)3/h5-14,19-20,23H,15-18,21-22H2,1-4H3. The smallest absolute Gasteiger partial charge is 0.270 e. The molecule has 1 fully saturated rings. The second-order valence-electron chi connectivity index (χ2n) is 11.6. The highest BCUT2D eigenvalue weighted by Gasteiger charge is 2.31. The number of aryl methyl sites for hydroxylation is 1. The number of hydrogen-bond donors (Lipinski definition) is 0. The van der Waals surface area contributed by atoms with Gasteiger partial charge in [0.15, 0.2) is 0 Å². The molecule has 0 N–H and O–H groups in total. The molecular weight excluding hydrogens is 560 g/mol. The predicted molar refractivity (Wildman–Crippen MR) is 171 cm³/mol. The number of amides is 2. The Morgan fingerprint density at radius 3 is 2.28 bits per heavy atom. The van der Waals surface area contributed by atoms with Crippen LogP contribution in [0.5, 0.6) is 5.75 Å². The molecule has 222 valence electrons. The van der Waals surface area contributed by atoms with E-state index in [4.69, 9.17) is 16.3 Å². The molecule has 3 aromatic carbocycles. The fourth-order valence-electron chi connectivity index (χ4n) is 6.25. The first-order chi connectivity index (χ1) is 20.8. The quantitative estimate of drug-likeness (QED) is 0.264. The molecule has 0 bridgehead atoms. The molecule has 2 aliphatic heterocycles. The molecule has 0 saturated carbocycles. The van der Waals surface area contributed by atoms with E-state index in [9.17, 15) is 9.59 Å². The minimum Gasteiger partial charge on any atom is -0.496 e. The Morgan fingerprint density at radius 2 is 1.56 bits per heavy atom. The summed E-state index contributed by atoms with van der Waals surface area (Å²) in [6.07, 6.45) is 0. The summed E-state index contributed by atoms with van der Waals surface area (Å²) in [5.74, 6) is 0.281. The van der Waals surface area contributed by atoms with Crippen LogP contribution in [0, 0.1) is 6.92 Å². The van der Waals surface area contributed by atoms with Gasteiger partial charge in [0.1, 0.15) is 11.4 Å². The second-order valence-corrected chi connectivity index (χ2v) is 12.0. The molecule has 2 aliphatic rings. The van der Waals surface area contributed by atoms with Crippen molar-refractivity contribution < 1.29 is 14.3 Å². The number of ether oxygens (including phenoxy) is 1. The van der Waals surface area contributed by atoms with Crippen molar-refractivity contribution in [1.82, 2.24) is 14.4 Å². The summed E-state index contributed by atoms with van der Waals surface area (Å²) in [6, 6.07) is 23.8. The van der Waals surface area contributed by atoms with Crippen LogP contribution in [0.4, 0.5) is 5.69 Å². The van der Waals surface area contributed by atoms with E-state index in [1.807, 2.05) is 78.6 Å². The van der Waals surface area contributed by atoms with E-state index in [-0.39, 0.29) is 11.8 Å². The Kier molecular flexibility index (Phi) is 8.03. The Hall–Kier alpha value is -4.07. The zero-order valence-electron chi connectivity index (χ0n) is 25.1. The van der Waals surface area contributed by atoms with E-state index in [2.05, 4.69) is 23.3 Å². The topological polar surface area (TPSA) is 58.0 Å². The van der Waals surface area contributed by atoms with Gasteiger partial charge >= 0.3 is 0 Å². The van der Waals surface area contributed by atoms with E-state index in [1.54, 1.807) is 18.1 Å². The van der Waals surface area contributed by atoms with Crippen molar-refractivity contribution in [2.24, 2.45) is 0 Å². The van der Waals surface area contributed by atoms with Crippen molar-refractivity contribution in [3.8, 4) is 16.9 Å². The number of fused-ring (bicyclic) bond motifs is 2. The number of methoxy groups -OCH3 is 1. The Morgan fingerprint density at radius 1 is 0.837 bits per heavy atom. The van der Waals surface area contributed by atoms with E-state index in [1.165, 1.54) is 0 Å². The van der Waals surface area contributed by atoms with Gasteiger partial charge in [-0.15, -0.1) is 0 Å². The highest BCUT2D eigenvalue weighted by molar-refractivity contribution is 6.34. The third-order valence-electron chi connectivity index (χ3n) is 8.75. The molecule has 43 heavy (non-hydrogen) atoms. The number of benzene rings is 3. The molecule has 0 aliphatic carbocycles. The Labute approximate surface area is 258 Å². The minimum atomic E-state index is -0.213. The summed E-state index contributed by atoms with van der Waals surface area (Å²) in [4.78, 5) is 34.2. The third-order valence-corrected chi connectivity index (χ3v) is 9.07. The van der Waals surface area contributed by atoms with Gasteiger partial charge in [-0.25, -0.2) is 0 Å². The summed E-state index contributed by atoms with van der Waals surface area (Å²) in [7, 11) is 1.57. The first-order valence-electron chi connectivity index (χ1n) is 14.8. The average Bonchev–Trinajstić information content (AvgIpc) is 3.33. The van der Waals surface area contributed by atoms with Crippen LogP contribution in [0.1, 0.15) is 51.5 Å². The number of piperazine rings is 1. The Bertz CT molecular complexity index is 1690. The lowest BCUT2D eigenvalue weighted by Crippen LogP contribution is -2.51. The zero-order chi connectivity index (χ0) is 30.2.